The molecular weight excluding hydrogens is 254 g/mol. The van der Waals surface area contributed by atoms with Gasteiger partial charge < -0.3 is 10.1 Å². The fourth-order valence-electron chi connectivity index (χ4n) is 1.83. The van der Waals surface area contributed by atoms with Crippen molar-refractivity contribution in [2.75, 3.05) is 11.9 Å². The summed E-state index contributed by atoms with van der Waals surface area (Å²) >= 11 is 0. The normalized spacial score (nSPS) is 11.4. The molecule has 0 aliphatic carbocycles. The van der Waals surface area contributed by atoms with Crippen molar-refractivity contribution in [2.45, 2.75) is 33.3 Å². The molecular formula is C15H19N3O2. The van der Waals surface area contributed by atoms with Gasteiger partial charge in [0.15, 0.2) is 0 Å². The standard InChI is InChI=1S/C15H19N3O2/c1-5-16-13-11-7-6-10(8-12(11)17-9-18-13)14(19)20-15(2,3)4/h6-9H,5H2,1-4H3,(H,16,17,18). The minimum Gasteiger partial charge on any atom is -0.456 e. The van der Waals surface area contributed by atoms with Crippen LogP contribution in [0.1, 0.15) is 38.1 Å². The predicted octanol–water partition coefficient (Wildman–Crippen LogP) is 3.02. The Morgan fingerprint density at radius 2 is 2.05 bits per heavy atom. The molecule has 0 unspecified atom stereocenters. The Morgan fingerprint density at radius 1 is 1.30 bits per heavy atom. The average Bonchev–Trinajstić information content (AvgIpc) is 2.37. The maximum Gasteiger partial charge on any atom is 0.338 e. The lowest BCUT2D eigenvalue weighted by Gasteiger charge is -2.19. The number of hydrogen-bond donors (Lipinski definition) is 1. The number of nitrogens with zero attached hydrogens (tertiary/aromatic N) is 2. The molecule has 0 spiro atoms. The highest BCUT2D eigenvalue weighted by Crippen LogP contribution is 2.21. The summed E-state index contributed by atoms with van der Waals surface area (Å²) in [6.07, 6.45) is 1.49. The van der Waals surface area contributed by atoms with Gasteiger partial charge in [0.05, 0.1) is 11.1 Å². The number of fused-ring (bicyclic) bond motifs is 1. The van der Waals surface area contributed by atoms with Crippen molar-refractivity contribution in [3.8, 4) is 0 Å². The Morgan fingerprint density at radius 3 is 2.70 bits per heavy atom. The van der Waals surface area contributed by atoms with E-state index in [1.165, 1.54) is 6.33 Å². The fraction of sp³-hybridized carbons (Fsp3) is 0.400. The van der Waals surface area contributed by atoms with Crippen molar-refractivity contribution in [3.63, 3.8) is 0 Å². The van der Waals surface area contributed by atoms with E-state index in [4.69, 9.17) is 4.74 Å². The number of esters is 1. The van der Waals surface area contributed by atoms with E-state index in [9.17, 15) is 4.79 Å². The minimum absolute atomic E-state index is 0.344. The Bertz CT molecular complexity index is 633. The van der Waals surface area contributed by atoms with Crippen LogP contribution in [0.5, 0.6) is 0 Å². The van der Waals surface area contributed by atoms with Gasteiger partial charge in [-0.3, -0.25) is 0 Å². The van der Waals surface area contributed by atoms with E-state index in [1.54, 1.807) is 12.1 Å². The quantitative estimate of drug-likeness (QED) is 0.871. The number of ether oxygens (including phenoxy) is 1. The van der Waals surface area contributed by atoms with Gasteiger partial charge >= 0.3 is 5.97 Å². The van der Waals surface area contributed by atoms with Crippen molar-refractivity contribution in [1.29, 1.82) is 0 Å². The summed E-state index contributed by atoms with van der Waals surface area (Å²) < 4.78 is 5.35. The smallest absolute Gasteiger partial charge is 0.338 e. The maximum atomic E-state index is 12.0. The van der Waals surface area contributed by atoms with Crippen molar-refractivity contribution < 1.29 is 9.53 Å². The third-order valence-corrected chi connectivity index (χ3v) is 2.62. The molecule has 1 aromatic carbocycles. The van der Waals surface area contributed by atoms with Gasteiger partial charge in [0.25, 0.3) is 0 Å². The van der Waals surface area contributed by atoms with Crippen LogP contribution >= 0.6 is 0 Å². The third-order valence-electron chi connectivity index (χ3n) is 2.62. The van der Waals surface area contributed by atoms with Crippen LogP contribution < -0.4 is 5.32 Å². The zero-order chi connectivity index (χ0) is 14.8. The minimum atomic E-state index is -0.507. The van der Waals surface area contributed by atoms with Crippen LogP contribution in [0.25, 0.3) is 10.9 Å². The lowest BCUT2D eigenvalue weighted by molar-refractivity contribution is 0.00697. The van der Waals surface area contributed by atoms with E-state index in [-0.39, 0.29) is 5.97 Å². The van der Waals surface area contributed by atoms with Crippen molar-refractivity contribution in [2.24, 2.45) is 0 Å². The molecule has 0 amide bonds. The lowest BCUT2D eigenvalue weighted by Crippen LogP contribution is -2.23. The van der Waals surface area contributed by atoms with Crippen molar-refractivity contribution in [1.82, 2.24) is 9.97 Å². The molecule has 5 nitrogen and oxygen atoms in total. The van der Waals surface area contributed by atoms with Crippen molar-refractivity contribution in [3.05, 3.63) is 30.1 Å². The van der Waals surface area contributed by atoms with Crippen LogP contribution in [0.4, 0.5) is 5.82 Å². The number of rotatable bonds is 3. The Balaban J connectivity index is 2.37. The van der Waals surface area contributed by atoms with Gasteiger partial charge in [0.1, 0.15) is 17.7 Å². The summed E-state index contributed by atoms with van der Waals surface area (Å²) in [7, 11) is 0. The second kappa shape index (κ2) is 5.45. The van der Waals surface area contributed by atoms with Crippen LogP contribution in [-0.2, 0) is 4.74 Å². The van der Waals surface area contributed by atoms with E-state index in [0.717, 1.165) is 23.3 Å². The number of anilines is 1. The van der Waals surface area contributed by atoms with Gasteiger partial charge in [0.2, 0.25) is 0 Å². The van der Waals surface area contributed by atoms with E-state index in [2.05, 4.69) is 15.3 Å². The summed E-state index contributed by atoms with van der Waals surface area (Å²) in [4.78, 5) is 20.4. The Kier molecular flexibility index (Phi) is 3.88. The molecule has 2 aromatic rings. The molecule has 0 fully saturated rings. The Hall–Kier alpha value is -2.17. The van der Waals surface area contributed by atoms with E-state index < -0.39 is 5.60 Å². The predicted molar refractivity (Wildman–Crippen MR) is 78.9 cm³/mol. The number of nitrogens with one attached hydrogen (secondary N) is 1. The first-order chi connectivity index (χ1) is 9.40. The van der Waals surface area contributed by atoms with Crippen LogP contribution in [0.3, 0.4) is 0 Å². The van der Waals surface area contributed by atoms with Gasteiger partial charge in [0, 0.05) is 11.9 Å². The van der Waals surface area contributed by atoms with Crippen LogP contribution in [-0.4, -0.2) is 28.1 Å². The van der Waals surface area contributed by atoms with Gasteiger partial charge in [-0.25, -0.2) is 14.8 Å². The summed E-state index contributed by atoms with van der Waals surface area (Å²) in [6.45, 7) is 8.31. The number of aromatic nitrogens is 2. The summed E-state index contributed by atoms with van der Waals surface area (Å²) in [5, 5.41) is 4.06. The van der Waals surface area contributed by atoms with Gasteiger partial charge in [-0.05, 0) is 45.9 Å². The highest BCUT2D eigenvalue weighted by molar-refractivity contribution is 5.97. The first-order valence-corrected chi connectivity index (χ1v) is 6.62. The molecule has 106 valence electrons. The lowest BCUT2D eigenvalue weighted by atomic mass is 10.1. The molecule has 0 saturated heterocycles. The highest BCUT2D eigenvalue weighted by Gasteiger charge is 2.18. The van der Waals surface area contributed by atoms with Crippen LogP contribution in [0, 0.1) is 0 Å². The molecule has 1 aromatic heterocycles. The number of hydrogen-bond acceptors (Lipinski definition) is 5. The molecule has 0 saturated carbocycles. The van der Waals surface area contributed by atoms with Gasteiger partial charge in [-0.1, -0.05) is 0 Å². The first-order valence-electron chi connectivity index (χ1n) is 6.62. The fourth-order valence-corrected chi connectivity index (χ4v) is 1.83. The molecule has 0 aliphatic heterocycles. The molecule has 0 bridgehead atoms. The Labute approximate surface area is 118 Å². The SMILES string of the molecule is CCNc1ncnc2cc(C(=O)OC(C)(C)C)ccc12. The third kappa shape index (κ3) is 3.23. The van der Waals surface area contributed by atoms with Crippen LogP contribution in [0.15, 0.2) is 24.5 Å². The summed E-state index contributed by atoms with van der Waals surface area (Å²) in [5.41, 5.74) is 0.708. The maximum absolute atomic E-state index is 12.0. The molecule has 0 radical (unpaired) electrons. The molecule has 0 aliphatic rings. The van der Waals surface area contributed by atoms with Crippen LogP contribution in [0.2, 0.25) is 0 Å². The van der Waals surface area contributed by atoms with E-state index in [0.29, 0.717) is 5.56 Å². The van der Waals surface area contributed by atoms with E-state index >= 15 is 0 Å². The zero-order valence-corrected chi connectivity index (χ0v) is 12.2. The summed E-state index contributed by atoms with van der Waals surface area (Å²) in [6, 6.07) is 5.30. The van der Waals surface area contributed by atoms with Gasteiger partial charge in [-0.2, -0.15) is 0 Å². The summed E-state index contributed by atoms with van der Waals surface area (Å²) in [5.74, 6) is 0.427. The van der Waals surface area contributed by atoms with Gasteiger partial charge in [-0.15, -0.1) is 0 Å². The second-order valence-electron chi connectivity index (χ2n) is 5.49. The molecule has 0 atom stereocenters. The van der Waals surface area contributed by atoms with Crippen molar-refractivity contribution >= 4 is 22.7 Å². The largest absolute Gasteiger partial charge is 0.456 e. The number of carbonyl (C=O) groups excluding carboxylic acids is 1. The molecule has 2 rings (SSSR count). The second-order valence-corrected chi connectivity index (χ2v) is 5.49. The highest BCUT2D eigenvalue weighted by atomic mass is 16.6. The number of carbonyl (C=O) groups is 1. The molecule has 5 heteroatoms. The van der Waals surface area contributed by atoms with E-state index in [1.807, 2.05) is 33.8 Å². The topological polar surface area (TPSA) is 64.1 Å². The number of benzene rings is 1. The molecule has 1 N–H and O–H groups in total. The first kappa shape index (κ1) is 14.2. The zero-order valence-electron chi connectivity index (χ0n) is 12.2. The molecule has 20 heavy (non-hydrogen) atoms. The average molecular weight is 273 g/mol. The molecule has 1 heterocycles. The monoisotopic (exact) mass is 273 g/mol.